The van der Waals surface area contributed by atoms with Crippen LogP contribution in [0.25, 0.3) is 0 Å². The molecule has 1 heterocycles. The van der Waals surface area contributed by atoms with Gasteiger partial charge in [0.2, 0.25) is 6.29 Å². The molecule has 1 N–H and O–H groups in total. The molecule has 0 radical (unpaired) electrons. The highest BCUT2D eigenvalue weighted by Crippen LogP contribution is 2.14. The number of ether oxygens (including phenoxy) is 2. The van der Waals surface area contributed by atoms with Gasteiger partial charge in [-0.05, 0) is 38.0 Å². The van der Waals surface area contributed by atoms with E-state index in [1.807, 2.05) is 17.7 Å². The number of benzene rings is 1. The maximum Gasteiger partial charge on any atom is 0.424 e. The first-order valence-corrected chi connectivity index (χ1v) is 8.06. The van der Waals surface area contributed by atoms with Gasteiger partial charge < -0.3 is 9.47 Å². The lowest BCUT2D eigenvalue weighted by Crippen LogP contribution is -2.34. The van der Waals surface area contributed by atoms with E-state index in [-0.39, 0.29) is 4.90 Å². The molecule has 0 spiro atoms. The van der Waals surface area contributed by atoms with Crippen LogP contribution in [0.15, 0.2) is 41.5 Å². The van der Waals surface area contributed by atoms with Crippen LogP contribution in [0.4, 0.5) is 4.79 Å². The van der Waals surface area contributed by atoms with Crippen LogP contribution in [0.2, 0.25) is 0 Å². The minimum atomic E-state index is -3.93. The number of allylic oxidation sites excluding steroid dienone is 1. The minimum absolute atomic E-state index is 0.00623. The molecule has 0 aromatic heterocycles. The van der Waals surface area contributed by atoms with Crippen LogP contribution in [0.3, 0.4) is 0 Å². The van der Waals surface area contributed by atoms with E-state index < -0.39 is 22.4 Å². The number of amides is 1. The molecule has 0 bridgehead atoms. The minimum Gasteiger partial charge on any atom is -0.463 e. The standard InChI is InChI=1S/C14H17NO5S/c1-11-6-8-12(9-7-11)21(17,18)15-14(16)20-13-5-3-2-4-10-19-13/h4,6-10,13H,2-3,5H2,1H3,(H,15,16). The topological polar surface area (TPSA) is 81.7 Å². The van der Waals surface area contributed by atoms with Gasteiger partial charge in [0, 0.05) is 6.42 Å². The Balaban J connectivity index is 1.97. The third-order valence-corrected chi connectivity index (χ3v) is 4.25. The predicted molar refractivity (Wildman–Crippen MR) is 75.8 cm³/mol. The van der Waals surface area contributed by atoms with Crippen molar-refractivity contribution in [2.24, 2.45) is 0 Å². The molecule has 0 aliphatic carbocycles. The fourth-order valence-corrected chi connectivity index (χ4v) is 2.68. The first-order chi connectivity index (χ1) is 9.97. The Morgan fingerprint density at radius 3 is 2.76 bits per heavy atom. The summed E-state index contributed by atoms with van der Waals surface area (Å²) in [5.41, 5.74) is 0.926. The Kier molecular flexibility index (Phi) is 4.85. The van der Waals surface area contributed by atoms with Crippen molar-refractivity contribution >= 4 is 16.1 Å². The van der Waals surface area contributed by atoms with Gasteiger partial charge in [-0.15, -0.1) is 0 Å². The quantitative estimate of drug-likeness (QED) is 0.927. The number of nitrogens with one attached hydrogen (secondary N) is 1. The molecule has 1 amide bonds. The van der Waals surface area contributed by atoms with Crippen molar-refractivity contribution in [3.63, 3.8) is 0 Å². The summed E-state index contributed by atoms with van der Waals surface area (Å²) in [5, 5.41) is 0. The van der Waals surface area contributed by atoms with E-state index in [0.717, 1.165) is 18.4 Å². The lowest BCUT2D eigenvalue weighted by atomic mass is 10.2. The van der Waals surface area contributed by atoms with Gasteiger partial charge in [-0.25, -0.2) is 17.9 Å². The molecule has 0 fully saturated rings. The van der Waals surface area contributed by atoms with Crippen molar-refractivity contribution in [1.29, 1.82) is 0 Å². The average Bonchev–Trinajstić information content (AvgIpc) is 2.67. The lowest BCUT2D eigenvalue weighted by molar-refractivity contribution is -0.0619. The summed E-state index contributed by atoms with van der Waals surface area (Å²) >= 11 is 0. The highest BCUT2D eigenvalue weighted by atomic mass is 32.2. The highest BCUT2D eigenvalue weighted by molar-refractivity contribution is 7.90. The van der Waals surface area contributed by atoms with Gasteiger partial charge in [0.15, 0.2) is 0 Å². The summed E-state index contributed by atoms with van der Waals surface area (Å²) in [6.07, 6.45) is 3.63. The second-order valence-electron chi connectivity index (χ2n) is 4.69. The van der Waals surface area contributed by atoms with Gasteiger partial charge >= 0.3 is 6.09 Å². The number of carbonyl (C=O) groups excluding carboxylic acids is 1. The Bertz CT molecular complexity index is 621. The van der Waals surface area contributed by atoms with E-state index >= 15 is 0 Å². The Hall–Kier alpha value is -2.02. The number of rotatable bonds is 3. The van der Waals surface area contributed by atoms with Crippen LogP contribution in [0.1, 0.15) is 24.8 Å². The smallest absolute Gasteiger partial charge is 0.424 e. The lowest BCUT2D eigenvalue weighted by Gasteiger charge is -2.15. The van der Waals surface area contributed by atoms with Crippen LogP contribution >= 0.6 is 0 Å². The van der Waals surface area contributed by atoms with Gasteiger partial charge in [0.05, 0.1) is 11.2 Å². The molecule has 21 heavy (non-hydrogen) atoms. The molecule has 114 valence electrons. The number of carbonyl (C=O) groups is 1. The van der Waals surface area contributed by atoms with Gasteiger partial charge in [-0.1, -0.05) is 17.7 Å². The molecule has 0 saturated carbocycles. The maximum atomic E-state index is 12.0. The predicted octanol–water partition coefficient (Wildman–Crippen LogP) is 2.45. The molecular weight excluding hydrogens is 294 g/mol. The molecule has 1 unspecified atom stereocenters. The fourth-order valence-electron chi connectivity index (χ4n) is 1.80. The summed E-state index contributed by atoms with van der Waals surface area (Å²) in [5.74, 6) is 0. The molecule has 2 rings (SSSR count). The molecule has 1 aliphatic heterocycles. The van der Waals surface area contributed by atoms with Gasteiger partial charge in [-0.3, -0.25) is 0 Å². The van der Waals surface area contributed by atoms with Crippen molar-refractivity contribution in [1.82, 2.24) is 4.72 Å². The summed E-state index contributed by atoms with van der Waals surface area (Å²) in [7, 11) is -3.93. The third-order valence-electron chi connectivity index (χ3n) is 2.92. The van der Waals surface area contributed by atoms with Gasteiger partial charge in [0.1, 0.15) is 0 Å². The zero-order valence-electron chi connectivity index (χ0n) is 11.6. The SMILES string of the molecule is Cc1ccc(S(=O)(=O)NC(=O)OC2CCCC=CO2)cc1. The number of aryl methyl sites for hydroxylation is 1. The molecule has 7 heteroatoms. The normalized spacial score (nSPS) is 18.4. The Morgan fingerprint density at radius 2 is 2.05 bits per heavy atom. The molecular formula is C14H17NO5S. The van der Waals surface area contributed by atoms with Crippen LogP contribution in [-0.4, -0.2) is 20.8 Å². The number of hydrogen-bond donors (Lipinski definition) is 1. The van der Waals surface area contributed by atoms with Crippen molar-refractivity contribution in [3.05, 3.63) is 42.2 Å². The molecule has 1 aliphatic rings. The van der Waals surface area contributed by atoms with E-state index in [2.05, 4.69) is 0 Å². The largest absolute Gasteiger partial charge is 0.463 e. The van der Waals surface area contributed by atoms with E-state index in [9.17, 15) is 13.2 Å². The number of sulfonamides is 1. The first kappa shape index (κ1) is 15.4. The zero-order valence-corrected chi connectivity index (χ0v) is 12.4. The van der Waals surface area contributed by atoms with E-state index in [0.29, 0.717) is 6.42 Å². The van der Waals surface area contributed by atoms with Crippen LogP contribution in [0.5, 0.6) is 0 Å². The highest BCUT2D eigenvalue weighted by Gasteiger charge is 2.22. The first-order valence-electron chi connectivity index (χ1n) is 6.58. The van der Waals surface area contributed by atoms with Crippen molar-refractivity contribution in [2.45, 2.75) is 37.4 Å². The van der Waals surface area contributed by atoms with Crippen molar-refractivity contribution in [2.75, 3.05) is 0 Å². The average molecular weight is 311 g/mol. The summed E-state index contributed by atoms with van der Waals surface area (Å²) < 4.78 is 36.0. The second-order valence-corrected chi connectivity index (χ2v) is 6.37. The molecule has 1 aromatic carbocycles. The van der Waals surface area contributed by atoms with Gasteiger partial charge in [-0.2, -0.15) is 0 Å². The molecule has 0 saturated heterocycles. The summed E-state index contributed by atoms with van der Waals surface area (Å²) in [6, 6.07) is 6.16. The summed E-state index contributed by atoms with van der Waals surface area (Å²) in [4.78, 5) is 11.7. The van der Waals surface area contributed by atoms with E-state index in [1.54, 1.807) is 12.1 Å². The second kappa shape index (κ2) is 6.62. The van der Waals surface area contributed by atoms with Crippen molar-refractivity contribution in [3.8, 4) is 0 Å². The Morgan fingerprint density at radius 1 is 1.33 bits per heavy atom. The molecule has 1 atom stereocenters. The maximum absolute atomic E-state index is 12.0. The van der Waals surface area contributed by atoms with E-state index in [4.69, 9.17) is 9.47 Å². The van der Waals surface area contributed by atoms with Crippen LogP contribution in [0, 0.1) is 6.92 Å². The van der Waals surface area contributed by atoms with Crippen LogP contribution < -0.4 is 4.72 Å². The van der Waals surface area contributed by atoms with Crippen molar-refractivity contribution < 1.29 is 22.7 Å². The van der Waals surface area contributed by atoms with Gasteiger partial charge in [0.25, 0.3) is 10.0 Å². The molecule has 6 nitrogen and oxygen atoms in total. The Labute approximate surface area is 123 Å². The van der Waals surface area contributed by atoms with E-state index in [1.165, 1.54) is 18.4 Å². The van der Waals surface area contributed by atoms with Crippen LogP contribution in [-0.2, 0) is 19.5 Å². The zero-order chi connectivity index (χ0) is 15.3. The fraction of sp³-hybridized carbons (Fsp3) is 0.357. The number of hydrogen-bond acceptors (Lipinski definition) is 5. The molecule has 1 aromatic rings. The summed E-state index contributed by atoms with van der Waals surface area (Å²) in [6.45, 7) is 1.84. The third kappa shape index (κ3) is 4.49. The monoisotopic (exact) mass is 311 g/mol.